The van der Waals surface area contributed by atoms with Gasteiger partial charge in [-0.3, -0.25) is 9.35 Å². The van der Waals surface area contributed by atoms with Crippen LogP contribution in [0.15, 0.2) is 75.8 Å². The van der Waals surface area contributed by atoms with E-state index in [1.165, 1.54) is 24.3 Å². The quantitative estimate of drug-likeness (QED) is 0.155. The first kappa shape index (κ1) is 27.3. The van der Waals surface area contributed by atoms with Crippen LogP contribution in [0.25, 0.3) is 10.8 Å². The highest BCUT2D eigenvalue weighted by Crippen LogP contribution is 2.42. The summed E-state index contributed by atoms with van der Waals surface area (Å²) >= 11 is 12.3. The van der Waals surface area contributed by atoms with Crippen LogP contribution in [0.4, 0.5) is 17.1 Å². The maximum atomic E-state index is 13.3. The van der Waals surface area contributed by atoms with Crippen LogP contribution >= 0.6 is 23.2 Å². The number of carbonyl (C=O) groups is 1. The first-order valence-electron chi connectivity index (χ1n) is 11.2. The first-order chi connectivity index (χ1) is 18.0. The molecule has 0 heterocycles. The van der Waals surface area contributed by atoms with Crippen molar-refractivity contribution in [1.29, 1.82) is 0 Å². The Bertz CT molecular complexity index is 1710. The van der Waals surface area contributed by atoms with Crippen molar-refractivity contribution in [1.82, 2.24) is 0 Å². The highest BCUT2D eigenvalue weighted by Gasteiger charge is 2.22. The van der Waals surface area contributed by atoms with Crippen molar-refractivity contribution < 1.29 is 27.6 Å². The van der Waals surface area contributed by atoms with Crippen LogP contribution in [-0.4, -0.2) is 30.6 Å². The van der Waals surface area contributed by atoms with Gasteiger partial charge in [-0.15, -0.1) is 10.2 Å². The average molecular weight is 574 g/mol. The number of azo groups is 1. The maximum Gasteiger partial charge on any atom is 0.296 e. The lowest BCUT2D eigenvalue weighted by atomic mass is 10.0. The molecule has 0 unspecified atom stereocenters. The van der Waals surface area contributed by atoms with E-state index in [9.17, 15) is 22.9 Å². The molecule has 0 atom stereocenters. The summed E-state index contributed by atoms with van der Waals surface area (Å²) in [6, 6.07) is 15.7. The van der Waals surface area contributed by atoms with Crippen LogP contribution in [0.2, 0.25) is 10.0 Å². The number of hydrogen-bond donors (Lipinski definition) is 3. The number of phenolic OH excluding ortho intramolecular Hbond substituents is 1. The third-order valence-electron chi connectivity index (χ3n) is 5.43. The van der Waals surface area contributed by atoms with Gasteiger partial charge in [0.05, 0.1) is 22.9 Å². The summed E-state index contributed by atoms with van der Waals surface area (Å²) in [6.45, 7) is 3.74. The fraction of sp³-hybridized carbons (Fsp3) is 0.115. The number of anilines is 1. The van der Waals surface area contributed by atoms with Gasteiger partial charge in [0.25, 0.3) is 16.0 Å². The number of aromatic hydroxyl groups is 1. The molecule has 4 aromatic carbocycles. The SMILES string of the molecule is CCOc1ccc(Cl)cc1NC(=O)c1cc2ccccc2c(N=Nc2c(Cl)cc(C)cc2S(=O)(=O)O)c1O. The number of hydrogen-bond acceptors (Lipinski definition) is 7. The Morgan fingerprint density at radius 1 is 1.03 bits per heavy atom. The van der Waals surface area contributed by atoms with Crippen LogP contribution in [0, 0.1) is 6.92 Å². The monoisotopic (exact) mass is 573 g/mol. The van der Waals surface area contributed by atoms with Gasteiger partial charge in [-0.05, 0) is 61.2 Å². The number of benzene rings is 4. The van der Waals surface area contributed by atoms with Crippen molar-refractivity contribution >= 4 is 67.1 Å². The topological polar surface area (TPSA) is 138 Å². The minimum atomic E-state index is -4.69. The summed E-state index contributed by atoms with van der Waals surface area (Å²) in [5, 5.41) is 23.1. The zero-order valence-corrected chi connectivity index (χ0v) is 22.4. The number of rotatable bonds is 7. The van der Waals surface area contributed by atoms with Crippen molar-refractivity contribution in [2.45, 2.75) is 18.7 Å². The van der Waals surface area contributed by atoms with Crippen LogP contribution in [0.3, 0.4) is 0 Å². The Kier molecular flexibility index (Phi) is 7.89. The van der Waals surface area contributed by atoms with Crippen LogP contribution in [-0.2, 0) is 10.1 Å². The lowest BCUT2D eigenvalue weighted by Crippen LogP contribution is -2.13. The average Bonchev–Trinajstić information content (AvgIpc) is 2.85. The predicted molar refractivity (Wildman–Crippen MR) is 146 cm³/mol. The molecule has 0 radical (unpaired) electrons. The molecule has 0 aliphatic rings. The number of ether oxygens (including phenoxy) is 1. The minimum absolute atomic E-state index is 0.0801. The molecule has 38 heavy (non-hydrogen) atoms. The van der Waals surface area contributed by atoms with Gasteiger partial charge in [-0.2, -0.15) is 8.42 Å². The van der Waals surface area contributed by atoms with E-state index in [2.05, 4.69) is 15.5 Å². The number of nitrogens with zero attached hydrogens (tertiary/aromatic N) is 2. The number of fused-ring (bicyclic) bond motifs is 1. The van der Waals surface area contributed by atoms with E-state index >= 15 is 0 Å². The van der Waals surface area contributed by atoms with E-state index in [0.29, 0.717) is 39.4 Å². The normalized spacial score (nSPS) is 11.7. The van der Waals surface area contributed by atoms with Gasteiger partial charge in [0.15, 0.2) is 5.75 Å². The molecule has 0 saturated carbocycles. The Hall–Kier alpha value is -3.70. The van der Waals surface area contributed by atoms with E-state index in [-0.39, 0.29) is 22.0 Å². The maximum absolute atomic E-state index is 13.3. The third kappa shape index (κ3) is 5.73. The van der Waals surface area contributed by atoms with Crippen molar-refractivity contribution in [3.63, 3.8) is 0 Å². The van der Waals surface area contributed by atoms with E-state index in [1.807, 2.05) is 0 Å². The number of aryl methyl sites for hydroxylation is 1. The molecule has 0 aromatic heterocycles. The number of amides is 1. The van der Waals surface area contributed by atoms with Crippen LogP contribution in [0.1, 0.15) is 22.8 Å². The molecule has 0 spiro atoms. The molecule has 3 N–H and O–H groups in total. The van der Waals surface area contributed by atoms with Crippen molar-refractivity contribution in [2.75, 3.05) is 11.9 Å². The largest absolute Gasteiger partial charge is 0.505 e. The lowest BCUT2D eigenvalue weighted by Gasteiger charge is -2.14. The second-order valence-electron chi connectivity index (χ2n) is 8.14. The molecule has 0 saturated heterocycles. The smallest absolute Gasteiger partial charge is 0.296 e. The molecule has 12 heteroatoms. The lowest BCUT2D eigenvalue weighted by molar-refractivity contribution is 0.102. The van der Waals surface area contributed by atoms with Gasteiger partial charge in [0.2, 0.25) is 0 Å². The summed E-state index contributed by atoms with van der Waals surface area (Å²) in [6.07, 6.45) is 0. The minimum Gasteiger partial charge on any atom is -0.505 e. The van der Waals surface area contributed by atoms with Gasteiger partial charge < -0.3 is 15.2 Å². The van der Waals surface area contributed by atoms with Crippen LogP contribution in [0.5, 0.6) is 11.5 Å². The number of halogens is 2. The molecular formula is C26H21Cl2N3O6S. The summed E-state index contributed by atoms with van der Waals surface area (Å²) in [5.74, 6) is -0.807. The Morgan fingerprint density at radius 2 is 1.74 bits per heavy atom. The van der Waals surface area contributed by atoms with E-state index in [4.69, 9.17) is 27.9 Å². The first-order valence-corrected chi connectivity index (χ1v) is 13.4. The fourth-order valence-electron chi connectivity index (χ4n) is 3.76. The van der Waals surface area contributed by atoms with Gasteiger partial charge in [0.1, 0.15) is 22.0 Å². The van der Waals surface area contributed by atoms with Gasteiger partial charge in [-0.25, -0.2) is 0 Å². The number of carbonyl (C=O) groups excluding carboxylic acids is 1. The molecule has 1 amide bonds. The Morgan fingerprint density at radius 3 is 2.45 bits per heavy atom. The predicted octanol–water partition coefficient (Wildman–Crippen LogP) is 7.47. The standard InChI is InChI=1S/C26H21Cl2N3O6S/c1-3-37-21-9-8-16(27)13-20(21)29-26(33)18-12-15-6-4-5-7-17(15)23(25(18)32)30-31-24-19(28)10-14(2)11-22(24)38(34,35)36/h4-13,32H,3H2,1-2H3,(H,29,33)(H,34,35,36). The molecule has 0 fully saturated rings. The fourth-order valence-corrected chi connectivity index (χ4v) is 5.03. The second kappa shape index (κ2) is 11.0. The molecule has 4 rings (SSSR count). The zero-order chi connectivity index (χ0) is 27.6. The van der Waals surface area contributed by atoms with E-state index < -0.39 is 26.7 Å². The van der Waals surface area contributed by atoms with Gasteiger partial charge >= 0.3 is 0 Å². The molecular weight excluding hydrogens is 553 g/mol. The highest BCUT2D eigenvalue weighted by molar-refractivity contribution is 7.86. The summed E-state index contributed by atoms with van der Waals surface area (Å²) < 4.78 is 39.1. The van der Waals surface area contributed by atoms with E-state index in [0.717, 1.165) is 0 Å². The Balaban J connectivity index is 1.84. The zero-order valence-electron chi connectivity index (χ0n) is 20.1. The molecule has 196 valence electrons. The van der Waals surface area contributed by atoms with Gasteiger partial charge in [-0.1, -0.05) is 47.5 Å². The number of phenols is 1. The second-order valence-corrected chi connectivity index (χ2v) is 10.4. The van der Waals surface area contributed by atoms with Gasteiger partial charge in [0, 0.05) is 10.4 Å². The molecule has 9 nitrogen and oxygen atoms in total. The van der Waals surface area contributed by atoms with E-state index in [1.54, 1.807) is 50.2 Å². The van der Waals surface area contributed by atoms with Crippen molar-refractivity contribution in [3.8, 4) is 11.5 Å². The summed E-state index contributed by atoms with van der Waals surface area (Å²) in [5.41, 5.74) is 0.205. The van der Waals surface area contributed by atoms with Crippen LogP contribution < -0.4 is 10.1 Å². The van der Waals surface area contributed by atoms with Crippen molar-refractivity contribution in [2.24, 2.45) is 10.2 Å². The number of nitrogens with one attached hydrogen (secondary N) is 1. The third-order valence-corrected chi connectivity index (χ3v) is 6.82. The molecule has 4 aromatic rings. The summed E-state index contributed by atoms with van der Waals surface area (Å²) in [7, 11) is -4.69. The molecule has 0 aliphatic carbocycles. The molecule has 0 bridgehead atoms. The highest BCUT2D eigenvalue weighted by atomic mass is 35.5. The summed E-state index contributed by atoms with van der Waals surface area (Å²) in [4.78, 5) is 12.7. The van der Waals surface area contributed by atoms with Crippen molar-refractivity contribution in [3.05, 3.63) is 81.8 Å². The Labute approximate surface area is 228 Å². The molecule has 0 aliphatic heterocycles.